The quantitative estimate of drug-likeness (QED) is 0.185. The highest BCUT2D eigenvalue weighted by molar-refractivity contribution is 5.91. The summed E-state index contributed by atoms with van der Waals surface area (Å²) in [6, 6.07) is 27.7. The van der Waals surface area contributed by atoms with Crippen molar-refractivity contribution in [3.8, 4) is 22.9 Å². The molecule has 43 heavy (non-hydrogen) atoms. The first-order valence-corrected chi connectivity index (χ1v) is 14.3. The van der Waals surface area contributed by atoms with Gasteiger partial charge in [0, 0.05) is 11.3 Å². The highest BCUT2D eigenvalue weighted by Gasteiger charge is 2.18. The fourth-order valence-electron chi connectivity index (χ4n) is 4.72. The Morgan fingerprint density at radius 2 is 1.70 bits per heavy atom. The van der Waals surface area contributed by atoms with Gasteiger partial charge >= 0.3 is 0 Å². The maximum absolute atomic E-state index is 13.7. The smallest absolute Gasteiger partial charge is 0.282 e. The van der Waals surface area contributed by atoms with Crippen LogP contribution in [0.1, 0.15) is 43.4 Å². The lowest BCUT2D eigenvalue weighted by Crippen LogP contribution is -2.21. The minimum Gasteiger partial charge on any atom is -0.494 e. The van der Waals surface area contributed by atoms with Gasteiger partial charge in [-0.25, -0.2) is 4.98 Å². The summed E-state index contributed by atoms with van der Waals surface area (Å²) in [7, 11) is 0. The highest BCUT2D eigenvalue weighted by atomic mass is 16.5. The molecule has 0 radical (unpaired) electrons. The van der Waals surface area contributed by atoms with E-state index >= 15 is 0 Å². The van der Waals surface area contributed by atoms with Crippen LogP contribution >= 0.6 is 0 Å². The van der Waals surface area contributed by atoms with E-state index in [4.69, 9.17) is 14.5 Å². The molecule has 1 N–H and O–H groups in total. The molecule has 8 heteroatoms. The van der Waals surface area contributed by atoms with Crippen LogP contribution in [0.15, 0.2) is 101 Å². The molecule has 0 aliphatic heterocycles. The lowest BCUT2D eigenvalue weighted by Gasteiger charge is -2.18. The van der Waals surface area contributed by atoms with Gasteiger partial charge in [-0.3, -0.25) is 9.59 Å². The van der Waals surface area contributed by atoms with Gasteiger partial charge < -0.3 is 14.8 Å². The van der Waals surface area contributed by atoms with Crippen molar-refractivity contribution in [3.63, 3.8) is 0 Å². The first-order valence-electron chi connectivity index (χ1n) is 14.3. The number of nitrogens with zero attached hydrogens (tertiary/aromatic N) is 3. The fourth-order valence-corrected chi connectivity index (χ4v) is 4.72. The zero-order valence-electron chi connectivity index (χ0n) is 24.7. The van der Waals surface area contributed by atoms with Crippen LogP contribution in [0, 0.1) is 6.92 Å². The number of amides is 1. The SMILES string of the molecule is CCOc1cc(C)c(-c2nc3ccccc3c(=O)n2N=Cc2ccc(OCC(=O)Nc3ccccc3)cc2)cc1C(C)C. The molecule has 5 rings (SSSR count). The summed E-state index contributed by atoms with van der Waals surface area (Å²) in [5.41, 5.74) is 4.57. The third-order valence-corrected chi connectivity index (χ3v) is 6.90. The molecule has 4 aromatic carbocycles. The molecular formula is C35H34N4O4. The molecule has 0 bridgehead atoms. The number of para-hydroxylation sites is 2. The third-order valence-electron chi connectivity index (χ3n) is 6.90. The Hall–Kier alpha value is -5.24. The molecule has 1 aromatic heterocycles. The second kappa shape index (κ2) is 13.2. The van der Waals surface area contributed by atoms with E-state index in [0.717, 1.165) is 28.0 Å². The zero-order valence-corrected chi connectivity index (χ0v) is 24.7. The van der Waals surface area contributed by atoms with Gasteiger partial charge in [-0.1, -0.05) is 44.2 Å². The summed E-state index contributed by atoms with van der Waals surface area (Å²) < 4.78 is 12.9. The molecule has 8 nitrogen and oxygen atoms in total. The van der Waals surface area contributed by atoms with E-state index in [-0.39, 0.29) is 24.0 Å². The lowest BCUT2D eigenvalue weighted by atomic mass is 9.96. The van der Waals surface area contributed by atoms with Crippen molar-refractivity contribution in [2.75, 3.05) is 18.5 Å². The monoisotopic (exact) mass is 574 g/mol. The number of carbonyl (C=O) groups is 1. The van der Waals surface area contributed by atoms with Crippen LogP contribution in [0.5, 0.6) is 11.5 Å². The van der Waals surface area contributed by atoms with Crippen LogP contribution in [0.3, 0.4) is 0 Å². The summed E-state index contributed by atoms with van der Waals surface area (Å²) in [6.07, 6.45) is 1.61. The van der Waals surface area contributed by atoms with Crippen molar-refractivity contribution in [3.05, 3.63) is 118 Å². The largest absolute Gasteiger partial charge is 0.494 e. The van der Waals surface area contributed by atoms with Crippen molar-refractivity contribution in [1.82, 2.24) is 9.66 Å². The van der Waals surface area contributed by atoms with Crippen molar-refractivity contribution >= 4 is 28.7 Å². The maximum atomic E-state index is 13.7. The number of ether oxygens (including phenoxy) is 2. The van der Waals surface area contributed by atoms with Crippen molar-refractivity contribution in [1.29, 1.82) is 0 Å². The number of rotatable bonds is 10. The number of hydrogen-bond donors (Lipinski definition) is 1. The molecule has 218 valence electrons. The third kappa shape index (κ3) is 6.81. The Morgan fingerprint density at radius 1 is 0.977 bits per heavy atom. The van der Waals surface area contributed by atoms with Gasteiger partial charge in [-0.15, -0.1) is 0 Å². The molecule has 0 aliphatic rings. The molecule has 0 unspecified atom stereocenters. The van der Waals surface area contributed by atoms with E-state index in [1.54, 1.807) is 24.4 Å². The second-order valence-electron chi connectivity index (χ2n) is 10.4. The van der Waals surface area contributed by atoms with Gasteiger partial charge in [0.25, 0.3) is 11.5 Å². The standard InChI is InChI=1S/C35H34N4O4/c1-5-42-32-19-24(4)30(20-29(32)23(2)3)34-38-31-14-10-9-13-28(31)35(41)39(34)36-21-25-15-17-27(18-16-25)43-22-33(40)37-26-11-7-6-8-12-26/h6-21,23H,5,22H2,1-4H3,(H,37,40). The van der Waals surface area contributed by atoms with Gasteiger partial charge in [0.2, 0.25) is 0 Å². The Balaban J connectivity index is 1.44. The highest BCUT2D eigenvalue weighted by Crippen LogP contribution is 2.34. The van der Waals surface area contributed by atoms with Gasteiger partial charge in [0.1, 0.15) is 11.5 Å². The summed E-state index contributed by atoms with van der Waals surface area (Å²) in [5.74, 6) is 1.77. The van der Waals surface area contributed by atoms with Gasteiger partial charge in [-0.05, 0) is 97.1 Å². The van der Waals surface area contributed by atoms with Gasteiger partial charge in [-0.2, -0.15) is 9.78 Å². The molecule has 0 spiro atoms. The summed E-state index contributed by atoms with van der Waals surface area (Å²) in [4.78, 5) is 30.8. The van der Waals surface area contributed by atoms with Crippen LogP contribution in [-0.4, -0.2) is 35.0 Å². The summed E-state index contributed by atoms with van der Waals surface area (Å²) >= 11 is 0. The van der Waals surface area contributed by atoms with E-state index in [9.17, 15) is 9.59 Å². The van der Waals surface area contributed by atoms with Crippen LogP contribution in [-0.2, 0) is 4.79 Å². The Bertz CT molecular complexity index is 1830. The summed E-state index contributed by atoms with van der Waals surface area (Å²) in [6.45, 7) is 8.61. The molecule has 1 amide bonds. The molecule has 0 saturated carbocycles. The Morgan fingerprint density at radius 3 is 2.42 bits per heavy atom. The molecule has 0 fully saturated rings. The van der Waals surface area contributed by atoms with E-state index in [0.29, 0.717) is 34.8 Å². The summed E-state index contributed by atoms with van der Waals surface area (Å²) in [5, 5.41) is 7.88. The van der Waals surface area contributed by atoms with Gasteiger partial charge in [0.05, 0.1) is 23.7 Å². The van der Waals surface area contributed by atoms with Gasteiger partial charge in [0.15, 0.2) is 12.4 Å². The lowest BCUT2D eigenvalue weighted by molar-refractivity contribution is -0.118. The fraction of sp³-hybridized carbons (Fsp3) is 0.200. The van der Waals surface area contributed by atoms with Crippen LogP contribution < -0.4 is 20.3 Å². The average molecular weight is 575 g/mol. The number of anilines is 1. The van der Waals surface area contributed by atoms with Crippen molar-refractivity contribution < 1.29 is 14.3 Å². The number of nitrogens with one attached hydrogen (secondary N) is 1. The van der Waals surface area contributed by atoms with E-state index in [2.05, 4.69) is 24.3 Å². The van der Waals surface area contributed by atoms with Crippen LogP contribution in [0.2, 0.25) is 0 Å². The Labute approximate surface area is 250 Å². The minimum atomic E-state index is -0.263. The predicted molar refractivity (Wildman–Crippen MR) is 171 cm³/mol. The minimum absolute atomic E-state index is 0.121. The molecule has 1 heterocycles. The first-order chi connectivity index (χ1) is 20.8. The Kier molecular flexibility index (Phi) is 8.96. The predicted octanol–water partition coefficient (Wildman–Crippen LogP) is 6.79. The average Bonchev–Trinajstić information content (AvgIpc) is 3.01. The van der Waals surface area contributed by atoms with E-state index in [1.807, 2.05) is 86.6 Å². The molecule has 0 aliphatic carbocycles. The number of hydrogen-bond acceptors (Lipinski definition) is 6. The normalized spacial score (nSPS) is 11.3. The molecule has 0 atom stereocenters. The first kappa shape index (κ1) is 29.3. The number of aryl methyl sites for hydroxylation is 1. The van der Waals surface area contributed by atoms with E-state index < -0.39 is 0 Å². The topological polar surface area (TPSA) is 94.8 Å². The molecule has 0 saturated heterocycles. The van der Waals surface area contributed by atoms with E-state index in [1.165, 1.54) is 4.68 Å². The zero-order chi connectivity index (χ0) is 30.3. The number of carbonyl (C=O) groups excluding carboxylic acids is 1. The second-order valence-corrected chi connectivity index (χ2v) is 10.4. The van der Waals surface area contributed by atoms with Crippen LogP contribution in [0.25, 0.3) is 22.3 Å². The molecule has 5 aromatic rings. The van der Waals surface area contributed by atoms with Crippen molar-refractivity contribution in [2.24, 2.45) is 5.10 Å². The number of benzene rings is 4. The number of fused-ring (bicyclic) bond motifs is 1. The van der Waals surface area contributed by atoms with Crippen LogP contribution in [0.4, 0.5) is 5.69 Å². The number of aromatic nitrogens is 2. The molecular weight excluding hydrogens is 540 g/mol. The van der Waals surface area contributed by atoms with Crippen molar-refractivity contribution in [2.45, 2.75) is 33.6 Å². The maximum Gasteiger partial charge on any atom is 0.282 e.